The standard InChI is InChI=1S/C33H38F3N3O5S/c1-4-30(32(41)37-26-11-5-6-12-26)38(21-24-9-7-14-28(19-24)44-3)31(40)22-39(27-13-8-10-25(20-27)33(34,35)36)45(42,43)29-17-15-23(2)16-18-29/h7-10,13-20,26,30H,4-6,11-12,21-22H2,1-3H3,(H,37,41)/t30-/m1/s1. The van der Waals surface area contributed by atoms with E-state index in [4.69, 9.17) is 4.74 Å². The van der Waals surface area contributed by atoms with Gasteiger partial charge >= 0.3 is 6.18 Å². The van der Waals surface area contributed by atoms with Crippen LogP contribution in [0.1, 0.15) is 55.7 Å². The summed E-state index contributed by atoms with van der Waals surface area (Å²) in [7, 11) is -3.02. The van der Waals surface area contributed by atoms with E-state index >= 15 is 0 Å². The molecular formula is C33H38F3N3O5S. The van der Waals surface area contributed by atoms with Crippen molar-refractivity contribution in [3.05, 3.63) is 89.5 Å². The first-order valence-corrected chi connectivity index (χ1v) is 16.3. The van der Waals surface area contributed by atoms with E-state index in [1.54, 1.807) is 50.2 Å². The molecule has 45 heavy (non-hydrogen) atoms. The summed E-state index contributed by atoms with van der Waals surface area (Å²) < 4.78 is 75.1. The molecule has 3 aromatic carbocycles. The van der Waals surface area contributed by atoms with E-state index in [1.165, 1.54) is 30.2 Å². The molecule has 1 fully saturated rings. The van der Waals surface area contributed by atoms with Gasteiger partial charge in [0.2, 0.25) is 11.8 Å². The molecule has 1 aliphatic carbocycles. The normalized spacial score (nSPS) is 14.5. The number of carbonyl (C=O) groups is 2. The molecular weight excluding hydrogens is 607 g/mol. The van der Waals surface area contributed by atoms with Crippen LogP contribution < -0.4 is 14.4 Å². The summed E-state index contributed by atoms with van der Waals surface area (Å²) in [5.41, 5.74) is 0.0108. The van der Waals surface area contributed by atoms with Gasteiger partial charge in [0, 0.05) is 12.6 Å². The smallest absolute Gasteiger partial charge is 0.416 e. The number of alkyl halides is 3. The van der Waals surface area contributed by atoms with E-state index in [0.717, 1.165) is 43.4 Å². The summed E-state index contributed by atoms with van der Waals surface area (Å²) in [6, 6.07) is 15.6. The highest BCUT2D eigenvalue weighted by atomic mass is 32.2. The maximum atomic E-state index is 14.2. The van der Waals surface area contributed by atoms with Crippen LogP contribution in [-0.4, -0.2) is 50.9 Å². The van der Waals surface area contributed by atoms with E-state index < -0.39 is 40.3 Å². The molecule has 0 spiro atoms. The van der Waals surface area contributed by atoms with Crippen molar-refractivity contribution >= 4 is 27.5 Å². The summed E-state index contributed by atoms with van der Waals surface area (Å²) in [4.78, 5) is 28.9. The molecule has 0 bridgehead atoms. The second kappa shape index (κ2) is 14.4. The van der Waals surface area contributed by atoms with E-state index in [0.29, 0.717) is 21.7 Å². The fourth-order valence-electron chi connectivity index (χ4n) is 5.46. The Labute approximate surface area is 262 Å². The third kappa shape index (κ3) is 8.36. The summed E-state index contributed by atoms with van der Waals surface area (Å²) in [6.07, 6.45) is -0.909. The molecule has 12 heteroatoms. The number of anilines is 1. The molecule has 0 unspecified atom stereocenters. The molecule has 1 atom stereocenters. The Morgan fingerprint density at radius 3 is 2.29 bits per heavy atom. The number of amides is 2. The second-order valence-corrected chi connectivity index (χ2v) is 13.0. The van der Waals surface area contributed by atoms with Crippen molar-refractivity contribution in [2.24, 2.45) is 0 Å². The van der Waals surface area contributed by atoms with Gasteiger partial charge in [0.15, 0.2) is 0 Å². The number of methoxy groups -OCH3 is 1. The summed E-state index contributed by atoms with van der Waals surface area (Å²) in [6.45, 7) is 2.61. The largest absolute Gasteiger partial charge is 0.497 e. The highest BCUT2D eigenvalue weighted by Crippen LogP contribution is 2.33. The topological polar surface area (TPSA) is 96.0 Å². The quantitative estimate of drug-likeness (QED) is 0.258. The molecule has 1 aliphatic rings. The molecule has 4 rings (SSSR count). The van der Waals surface area contributed by atoms with Crippen LogP contribution in [0.15, 0.2) is 77.7 Å². The zero-order valence-electron chi connectivity index (χ0n) is 25.5. The second-order valence-electron chi connectivity index (χ2n) is 11.2. The Bertz CT molecular complexity index is 1590. The molecule has 3 aromatic rings. The molecule has 0 aliphatic heterocycles. The average Bonchev–Trinajstić information content (AvgIpc) is 3.52. The van der Waals surface area contributed by atoms with Crippen molar-refractivity contribution in [3.8, 4) is 5.75 Å². The van der Waals surface area contributed by atoms with Crippen molar-refractivity contribution in [3.63, 3.8) is 0 Å². The molecule has 0 aromatic heterocycles. The molecule has 242 valence electrons. The van der Waals surface area contributed by atoms with Gasteiger partial charge in [0.05, 0.1) is 23.3 Å². The van der Waals surface area contributed by atoms with Crippen LogP contribution >= 0.6 is 0 Å². The van der Waals surface area contributed by atoms with Crippen molar-refractivity contribution in [1.29, 1.82) is 0 Å². The first-order valence-electron chi connectivity index (χ1n) is 14.8. The predicted octanol–water partition coefficient (Wildman–Crippen LogP) is 6.08. The maximum absolute atomic E-state index is 14.2. The van der Waals surface area contributed by atoms with Gasteiger partial charge in [-0.25, -0.2) is 8.42 Å². The number of benzene rings is 3. The minimum Gasteiger partial charge on any atom is -0.497 e. The van der Waals surface area contributed by atoms with Gasteiger partial charge in [0.25, 0.3) is 10.0 Å². The zero-order chi connectivity index (χ0) is 32.8. The summed E-state index contributed by atoms with van der Waals surface area (Å²) in [5, 5.41) is 3.03. The fraction of sp³-hybridized carbons (Fsp3) is 0.394. The first-order chi connectivity index (χ1) is 21.3. The number of aryl methyl sites for hydroxylation is 1. The number of hydrogen-bond donors (Lipinski definition) is 1. The number of hydrogen-bond acceptors (Lipinski definition) is 5. The Kier molecular flexibility index (Phi) is 10.8. The number of halogens is 3. The van der Waals surface area contributed by atoms with Crippen molar-refractivity contribution in [2.75, 3.05) is 18.0 Å². The number of carbonyl (C=O) groups excluding carboxylic acids is 2. The lowest BCUT2D eigenvalue weighted by Crippen LogP contribution is -2.53. The summed E-state index contributed by atoms with van der Waals surface area (Å²) in [5.74, 6) is -0.595. The first kappa shape index (κ1) is 33.8. The van der Waals surface area contributed by atoms with E-state index in [1.807, 2.05) is 0 Å². The maximum Gasteiger partial charge on any atom is 0.416 e. The number of nitrogens with one attached hydrogen (secondary N) is 1. The van der Waals surface area contributed by atoms with E-state index in [2.05, 4.69) is 5.32 Å². The average molecular weight is 646 g/mol. The van der Waals surface area contributed by atoms with E-state index in [9.17, 15) is 31.2 Å². The van der Waals surface area contributed by atoms with Gasteiger partial charge in [-0.3, -0.25) is 13.9 Å². The van der Waals surface area contributed by atoms with Crippen LogP contribution in [0.25, 0.3) is 0 Å². The Balaban J connectivity index is 1.77. The lowest BCUT2D eigenvalue weighted by molar-refractivity contribution is -0.140. The van der Waals surface area contributed by atoms with Crippen LogP contribution in [0.3, 0.4) is 0 Å². The Morgan fingerprint density at radius 2 is 1.67 bits per heavy atom. The Morgan fingerprint density at radius 1 is 1.00 bits per heavy atom. The van der Waals surface area contributed by atoms with E-state index in [-0.39, 0.29) is 35.5 Å². The minimum absolute atomic E-state index is 0.0242. The lowest BCUT2D eigenvalue weighted by Gasteiger charge is -2.34. The van der Waals surface area contributed by atoms with Crippen molar-refractivity contribution in [2.45, 2.75) is 75.7 Å². The number of rotatable bonds is 12. The van der Waals surface area contributed by atoms with Gasteiger partial charge in [-0.2, -0.15) is 13.2 Å². The van der Waals surface area contributed by atoms with Crippen molar-refractivity contribution in [1.82, 2.24) is 10.2 Å². The molecule has 1 N–H and O–H groups in total. The molecule has 0 radical (unpaired) electrons. The third-order valence-electron chi connectivity index (χ3n) is 7.92. The Hall–Kier alpha value is -4.06. The molecule has 1 saturated carbocycles. The van der Waals surface area contributed by atoms with Crippen LogP contribution in [-0.2, 0) is 32.3 Å². The highest BCUT2D eigenvalue weighted by molar-refractivity contribution is 7.92. The van der Waals surface area contributed by atoms with Crippen molar-refractivity contribution < 1.29 is 35.9 Å². The SMILES string of the molecule is CC[C@H](C(=O)NC1CCCC1)N(Cc1cccc(OC)c1)C(=O)CN(c1cccc(C(F)(F)F)c1)S(=O)(=O)c1ccc(C)cc1. The molecule has 0 saturated heterocycles. The van der Waals surface area contributed by atoms with Crippen LogP contribution in [0.2, 0.25) is 0 Å². The lowest BCUT2D eigenvalue weighted by atomic mass is 10.1. The van der Waals surface area contributed by atoms with Crippen LogP contribution in [0.5, 0.6) is 5.75 Å². The van der Waals surface area contributed by atoms with Crippen LogP contribution in [0.4, 0.5) is 18.9 Å². The van der Waals surface area contributed by atoms with Gasteiger partial charge in [-0.05, 0) is 74.2 Å². The highest BCUT2D eigenvalue weighted by Gasteiger charge is 2.36. The van der Waals surface area contributed by atoms with Crippen LogP contribution in [0, 0.1) is 6.92 Å². The predicted molar refractivity (Wildman–Crippen MR) is 165 cm³/mol. The summed E-state index contributed by atoms with van der Waals surface area (Å²) >= 11 is 0. The number of nitrogens with zero attached hydrogens (tertiary/aromatic N) is 2. The molecule has 8 nitrogen and oxygen atoms in total. The minimum atomic E-state index is -4.75. The third-order valence-corrected chi connectivity index (χ3v) is 9.71. The zero-order valence-corrected chi connectivity index (χ0v) is 26.3. The monoisotopic (exact) mass is 645 g/mol. The van der Waals surface area contributed by atoms with Gasteiger partial charge in [-0.1, -0.05) is 55.7 Å². The van der Waals surface area contributed by atoms with Gasteiger partial charge < -0.3 is 15.0 Å². The number of sulfonamides is 1. The van der Waals surface area contributed by atoms with Gasteiger partial charge in [0.1, 0.15) is 18.3 Å². The molecule has 0 heterocycles. The molecule has 2 amide bonds. The fourth-order valence-corrected chi connectivity index (χ4v) is 6.86. The van der Waals surface area contributed by atoms with Gasteiger partial charge in [-0.15, -0.1) is 0 Å². The number of ether oxygens (including phenoxy) is 1.